The van der Waals surface area contributed by atoms with Crippen molar-refractivity contribution in [1.82, 2.24) is 4.90 Å². The van der Waals surface area contributed by atoms with Crippen LogP contribution < -0.4 is 5.73 Å². The van der Waals surface area contributed by atoms with Gasteiger partial charge in [-0.3, -0.25) is 4.90 Å². The highest BCUT2D eigenvalue weighted by Gasteiger charge is 2.26. The average Bonchev–Trinajstić information content (AvgIpc) is 3.04. The van der Waals surface area contributed by atoms with E-state index >= 15 is 0 Å². The Hall–Kier alpha value is -1.40. The summed E-state index contributed by atoms with van der Waals surface area (Å²) >= 11 is 1.60. The number of benzene rings is 1. The monoisotopic (exact) mass is 318 g/mol. The minimum absolute atomic E-state index is 0.229. The van der Waals surface area contributed by atoms with Gasteiger partial charge in [0, 0.05) is 29.7 Å². The van der Waals surface area contributed by atoms with Crippen molar-refractivity contribution >= 4 is 17.0 Å². The molecule has 1 saturated heterocycles. The van der Waals surface area contributed by atoms with E-state index in [0.717, 1.165) is 30.3 Å². The van der Waals surface area contributed by atoms with Crippen molar-refractivity contribution in [2.24, 2.45) is 0 Å². The SMILES string of the molecule is Nc1cccc(CN2CCOCC2CC(O)c2cccs2)c1. The van der Waals surface area contributed by atoms with Crippen molar-refractivity contribution in [3.63, 3.8) is 0 Å². The van der Waals surface area contributed by atoms with E-state index in [4.69, 9.17) is 10.5 Å². The summed E-state index contributed by atoms with van der Waals surface area (Å²) in [5.41, 5.74) is 7.86. The van der Waals surface area contributed by atoms with E-state index < -0.39 is 6.10 Å². The lowest BCUT2D eigenvalue weighted by atomic mass is 10.0. The second kappa shape index (κ2) is 7.24. The molecule has 22 heavy (non-hydrogen) atoms. The van der Waals surface area contributed by atoms with Gasteiger partial charge in [-0.25, -0.2) is 0 Å². The fourth-order valence-electron chi connectivity index (χ4n) is 2.90. The molecule has 0 spiro atoms. The number of hydrogen-bond donors (Lipinski definition) is 2. The number of ether oxygens (including phenoxy) is 1. The van der Waals surface area contributed by atoms with Gasteiger partial charge >= 0.3 is 0 Å². The number of rotatable bonds is 5. The van der Waals surface area contributed by atoms with Crippen molar-refractivity contribution in [3.8, 4) is 0 Å². The van der Waals surface area contributed by atoms with E-state index in [9.17, 15) is 5.11 Å². The second-order valence-corrected chi connectivity index (χ2v) is 6.69. The molecule has 0 bridgehead atoms. The molecule has 2 aromatic rings. The van der Waals surface area contributed by atoms with Gasteiger partial charge in [-0.05, 0) is 35.6 Å². The van der Waals surface area contributed by atoms with Gasteiger partial charge in [0.2, 0.25) is 0 Å². The summed E-state index contributed by atoms with van der Waals surface area (Å²) < 4.78 is 5.62. The molecule has 1 aliphatic heterocycles. The minimum atomic E-state index is -0.421. The van der Waals surface area contributed by atoms with Crippen molar-refractivity contribution in [1.29, 1.82) is 0 Å². The highest BCUT2D eigenvalue weighted by atomic mass is 32.1. The van der Waals surface area contributed by atoms with Crippen LogP contribution in [-0.2, 0) is 11.3 Å². The van der Waals surface area contributed by atoms with Crippen molar-refractivity contribution in [3.05, 3.63) is 52.2 Å². The maximum absolute atomic E-state index is 10.4. The molecule has 2 heterocycles. The molecule has 5 heteroatoms. The lowest BCUT2D eigenvalue weighted by Crippen LogP contribution is -2.45. The zero-order valence-electron chi connectivity index (χ0n) is 12.5. The van der Waals surface area contributed by atoms with Crippen molar-refractivity contribution in [2.45, 2.75) is 25.1 Å². The van der Waals surface area contributed by atoms with E-state index in [2.05, 4.69) is 11.0 Å². The number of aliphatic hydroxyl groups excluding tert-OH is 1. The molecule has 3 N–H and O–H groups in total. The molecule has 0 amide bonds. The number of anilines is 1. The number of nitrogen functional groups attached to an aromatic ring is 1. The molecule has 0 saturated carbocycles. The van der Waals surface area contributed by atoms with Crippen LogP contribution >= 0.6 is 11.3 Å². The van der Waals surface area contributed by atoms with Crippen molar-refractivity contribution in [2.75, 3.05) is 25.5 Å². The van der Waals surface area contributed by atoms with E-state index in [1.54, 1.807) is 11.3 Å². The zero-order chi connectivity index (χ0) is 15.4. The Balaban J connectivity index is 1.66. The number of thiophene rings is 1. The molecule has 1 fully saturated rings. The third kappa shape index (κ3) is 3.87. The Morgan fingerprint density at radius 1 is 1.36 bits per heavy atom. The van der Waals surface area contributed by atoms with Crippen LogP contribution in [0.15, 0.2) is 41.8 Å². The van der Waals surface area contributed by atoms with E-state index in [1.165, 1.54) is 5.56 Å². The predicted molar refractivity (Wildman–Crippen MR) is 89.8 cm³/mol. The molecular formula is C17H22N2O2S. The summed E-state index contributed by atoms with van der Waals surface area (Å²) in [6.45, 7) is 3.14. The fraction of sp³-hybridized carbons (Fsp3) is 0.412. The van der Waals surface area contributed by atoms with Crippen LogP contribution in [0.25, 0.3) is 0 Å². The largest absolute Gasteiger partial charge is 0.399 e. The summed E-state index contributed by atoms with van der Waals surface area (Å²) in [5.74, 6) is 0. The number of aliphatic hydroxyl groups is 1. The third-order valence-corrected chi connectivity index (χ3v) is 5.03. The molecule has 118 valence electrons. The number of hydrogen-bond acceptors (Lipinski definition) is 5. The highest BCUT2D eigenvalue weighted by Crippen LogP contribution is 2.26. The zero-order valence-corrected chi connectivity index (χ0v) is 13.3. The molecule has 1 aliphatic rings. The standard InChI is InChI=1S/C17H22N2O2S/c18-14-4-1-3-13(9-14)11-19-6-7-21-12-15(19)10-16(20)17-5-2-8-22-17/h1-5,8-9,15-16,20H,6-7,10-12,18H2. The maximum Gasteiger partial charge on any atom is 0.0897 e. The van der Waals surface area contributed by atoms with Crippen LogP contribution in [-0.4, -0.2) is 35.8 Å². The average molecular weight is 318 g/mol. The molecule has 0 radical (unpaired) electrons. The van der Waals surface area contributed by atoms with Gasteiger partial charge in [-0.1, -0.05) is 18.2 Å². The van der Waals surface area contributed by atoms with Gasteiger partial charge in [0.1, 0.15) is 0 Å². The van der Waals surface area contributed by atoms with Gasteiger partial charge in [0.25, 0.3) is 0 Å². The molecule has 2 atom stereocenters. The molecule has 0 aliphatic carbocycles. The number of nitrogens with zero attached hydrogens (tertiary/aromatic N) is 1. The Labute approximate surface area is 135 Å². The minimum Gasteiger partial charge on any atom is -0.399 e. The van der Waals surface area contributed by atoms with Gasteiger partial charge < -0.3 is 15.6 Å². The van der Waals surface area contributed by atoms with Gasteiger partial charge in [-0.15, -0.1) is 11.3 Å². The van der Waals surface area contributed by atoms with E-state index in [-0.39, 0.29) is 6.04 Å². The normalized spacial score (nSPS) is 20.9. The Kier molecular flexibility index (Phi) is 5.10. The highest BCUT2D eigenvalue weighted by molar-refractivity contribution is 7.10. The lowest BCUT2D eigenvalue weighted by molar-refractivity contribution is -0.0296. The third-order valence-electron chi connectivity index (χ3n) is 4.05. The Bertz CT molecular complexity index is 588. The first-order chi connectivity index (χ1) is 10.7. The Morgan fingerprint density at radius 2 is 2.27 bits per heavy atom. The summed E-state index contributed by atoms with van der Waals surface area (Å²) in [4.78, 5) is 3.41. The molecule has 1 aromatic heterocycles. The molecule has 3 rings (SSSR count). The van der Waals surface area contributed by atoms with Gasteiger partial charge in [0.15, 0.2) is 0 Å². The fourth-order valence-corrected chi connectivity index (χ4v) is 3.62. The first kappa shape index (κ1) is 15.5. The first-order valence-electron chi connectivity index (χ1n) is 7.60. The molecule has 1 aromatic carbocycles. The second-order valence-electron chi connectivity index (χ2n) is 5.71. The van der Waals surface area contributed by atoms with Crippen LogP contribution in [0, 0.1) is 0 Å². The Morgan fingerprint density at radius 3 is 3.05 bits per heavy atom. The summed E-state index contributed by atoms with van der Waals surface area (Å²) in [6.07, 6.45) is 0.276. The van der Waals surface area contributed by atoms with Crippen LogP contribution in [0.3, 0.4) is 0 Å². The van der Waals surface area contributed by atoms with Crippen LogP contribution in [0.4, 0.5) is 5.69 Å². The molecular weight excluding hydrogens is 296 g/mol. The number of nitrogens with two attached hydrogens (primary N) is 1. The van der Waals surface area contributed by atoms with Gasteiger partial charge in [-0.2, -0.15) is 0 Å². The topological polar surface area (TPSA) is 58.7 Å². The van der Waals surface area contributed by atoms with Crippen LogP contribution in [0.1, 0.15) is 23.0 Å². The van der Waals surface area contributed by atoms with E-state index in [0.29, 0.717) is 13.0 Å². The first-order valence-corrected chi connectivity index (χ1v) is 8.48. The smallest absolute Gasteiger partial charge is 0.0897 e. The molecule has 2 unspecified atom stereocenters. The maximum atomic E-state index is 10.4. The lowest BCUT2D eigenvalue weighted by Gasteiger charge is -2.36. The summed E-state index contributed by atoms with van der Waals surface area (Å²) in [7, 11) is 0. The van der Waals surface area contributed by atoms with E-state index in [1.807, 2.05) is 35.7 Å². The predicted octanol–water partition coefficient (Wildman–Crippen LogP) is 2.65. The number of morpholine rings is 1. The summed E-state index contributed by atoms with van der Waals surface area (Å²) in [5, 5.41) is 12.4. The quantitative estimate of drug-likeness (QED) is 0.832. The van der Waals surface area contributed by atoms with Crippen LogP contribution in [0.5, 0.6) is 0 Å². The molecule has 4 nitrogen and oxygen atoms in total. The summed E-state index contributed by atoms with van der Waals surface area (Å²) in [6, 6.07) is 12.2. The van der Waals surface area contributed by atoms with Gasteiger partial charge in [0.05, 0.1) is 19.3 Å². The van der Waals surface area contributed by atoms with Crippen LogP contribution in [0.2, 0.25) is 0 Å². The van der Waals surface area contributed by atoms with Crippen molar-refractivity contribution < 1.29 is 9.84 Å².